The maximum atomic E-state index is 5.38. The van der Waals surface area contributed by atoms with Gasteiger partial charge in [0.1, 0.15) is 5.03 Å². The second kappa shape index (κ2) is 6.38. The van der Waals surface area contributed by atoms with Gasteiger partial charge in [-0.05, 0) is 44.4 Å². The highest BCUT2D eigenvalue weighted by atomic mass is 32.2. The maximum absolute atomic E-state index is 5.38. The van der Waals surface area contributed by atoms with Gasteiger partial charge in [-0.3, -0.25) is 0 Å². The van der Waals surface area contributed by atoms with Gasteiger partial charge >= 0.3 is 0 Å². The third kappa shape index (κ3) is 3.36. The zero-order chi connectivity index (χ0) is 13.0. The lowest BCUT2D eigenvalue weighted by molar-refractivity contribution is 0.0681. The number of rotatable bonds is 4. The normalized spacial score (nSPS) is 23.9. The smallest absolute Gasteiger partial charge is 0.223 e. The molecule has 100 valence electrons. The maximum Gasteiger partial charge on any atom is 0.223 e. The molecule has 0 spiro atoms. The van der Waals surface area contributed by atoms with Gasteiger partial charge in [-0.2, -0.15) is 0 Å². The van der Waals surface area contributed by atoms with E-state index >= 15 is 0 Å². The zero-order valence-corrected chi connectivity index (χ0v) is 12.1. The first-order valence-corrected chi connectivity index (χ1v) is 7.62. The Bertz CT molecular complexity index is 392. The molecule has 4 nitrogen and oxygen atoms in total. The molecule has 1 fully saturated rings. The van der Waals surface area contributed by atoms with E-state index in [0.29, 0.717) is 12.1 Å². The molecule has 0 amide bonds. The molecule has 1 saturated carbocycles. The number of methoxy groups -OCH3 is 1. The van der Waals surface area contributed by atoms with Gasteiger partial charge in [-0.15, -0.1) is 11.8 Å². The van der Waals surface area contributed by atoms with Crippen molar-refractivity contribution in [3.05, 3.63) is 11.8 Å². The number of nitrogens with zero attached hydrogens (tertiary/aromatic N) is 2. The summed E-state index contributed by atoms with van der Waals surface area (Å²) in [7, 11) is 1.80. The van der Waals surface area contributed by atoms with Crippen molar-refractivity contribution in [3.63, 3.8) is 0 Å². The van der Waals surface area contributed by atoms with Crippen LogP contribution in [0.2, 0.25) is 0 Å². The summed E-state index contributed by atoms with van der Waals surface area (Å²) in [4.78, 5) is 8.89. The molecule has 0 radical (unpaired) electrons. The molecule has 1 aromatic rings. The summed E-state index contributed by atoms with van der Waals surface area (Å²) in [6, 6.07) is 0.480. The number of ether oxygens (including phenoxy) is 1. The molecule has 1 N–H and O–H groups in total. The van der Waals surface area contributed by atoms with Gasteiger partial charge < -0.3 is 10.1 Å². The van der Waals surface area contributed by atoms with Crippen LogP contribution < -0.4 is 5.32 Å². The second-order valence-electron chi connectivity index (χ2n) is 4.74. The molecule has 0 atom stereocenters. The predicted molar refractivity (Wildman–Crippen MR) is 75.2 cm³/mol. The van der Waals surface area contributed by atoms with Gasteiger partial charge in [0, 0.05) is 19.3 Å². The molecule has 2 rings (SSSR count). The third-order valence-electron chi connectivity index (χ3n) is 3.46. The number of hydrogen-bond donors (Lipinski definition) is 1. The summed E-state index contributed by atoms with van der Waals surface area (Å²) in [6.45, 7) is 2.04. The number of hydrogen-bond acceptors (Lipinski definition) is 5. The van der Waals surface area contributed by atoms with Gasteiger partial charge in [0.2, 0.25) is 5.95 Å². The SMILES string of the molecule is COC1CCC(Nc2ncc(C)c(SC)n2)CC1. The minimum Gasteiger partial charge on any atom is -0.381 e. The number of nitrogens with one attached hydrogen (secondary N) is 1. The largest absolute Gasteiger partial charge is 0.381 e. The van der Waals surface area contributed by atoms with Crippen molar-refractivity contribution in [2.24, 2.45) is 0 Å². The lowest BCUT2D eigenvalue weighted by atomic mass is 9.93. The summed E-state index contributed by atoms with van der Waals surface area (Å²) in [5.41, 5.74) is 1.14. The Morgan fingerprint density at radius 2 is 2.06 bits per heavy atom. The molecule has 1 aliphatic rings. The second-order valence-corrected chi connectivity index (χ2v) is 5.53. The predicted octanol–water partition coefficient (Wildman–Crippen LogP) is 2.88. The van der Waals surface area contributed by atoms with Crippen LogP contribution in [-0.4, -0.2) is 35.5 Å². The van der Waals surface area contributed by atoms with Gasteiger partial charge in [0.25, 0.3) is 0 Å². The molecule has 0 saturated heterocycles. The van der Waals surface area contributed by atoms with Crippen LogP contribution >= 0.6 is 11.8 Å². The van der Waals surface area contributed by atoms with Crippen molar-refractivity contribution in [3.8, 4) is 0 Å². The molecule has 1 aromatic heterocycles. The summed E-state index contributed by atoms with van der Waals surface area (Å²) in [5.74, 6) is 0.755. The molecule has 18 heavy (non-hydrogen) atoms. The number of thioether (sulfide) groups is 1. The van der Waals surface area contributed by atoms with E-state index in [1.165, 1.54) is 0 Å². The average Bonchev–Trinajstić information content (AvgIpc) is 2.42. The summed E-state index contributed by atoms with van der Waals surface area (Å²) in [6.07, 6.45) is 8.87. The zero-order valence-electron chi connectivity index (χ0n) is 11.3. The molecular weight excluding hydrogens is 246 g/mol. The molecule has 1 heterocycles. The van der Waals surface area contributed by atoms with Crippen LogP contribution in [0.15, 0.2) is 11.2 Å². The summed E-state index contributed by atoms with van der Waals surface area (Å²) < 4.78 is 5.38. The van der Waals surface area contributed by atoms with E-state index < -0.39 is 0 Å². The van der Waals surface area contributed by atoms with E-state index in [0.717, 1.165) is 42.2 Å². The first-order valence-electron chi connectivity index (χ1n) is 6.40. The van der Waals surface area contributed by atoms with Crippen LogP contribution in [0.5, 0.6) is 0 Å². The molecule has 0 bridgehead atoms. The average molecular weight is 267 g/mol. The van der Waals surface area contributed by atoms with Crippen LogP contribution in [0.4, 0.5) is 5.95 Å². The quantitative estimate of drug-likeness (QED) is 0.671. The molecular formula is C13H21N3OS. The first kappa shape index (κ1) is 13.6. The standard InChI is InChI=1S/C13H21N3OS/c1-9-8-14-13(16-12(9)18-3)15-10-4-6-11(17-2)7-5-10/h8,10-11H,4-7H2,1-3H3,(H,14,15,16). The number of aryl methyl sites for hydroxylation is 1. The fourth-order valence-electron chi connectivity index (χ4n) is 2.33. The highest BCUT2D eigenvalue weighted by Gasteiger charge is 2.21. The van der Waals surface area contributed by atoms with E-state index in [1.54, 1.807) is 18.9 Å². The topological polar surface area (TPSA) is 47.0 Å². The summed E-state index contributed by atoms with van der Waals surface area (Å²) in [5, 5.41) is 4.49. The van der Waals surface area contributed by atoms with Gasteiger partial charge in [0.15, 0.2) is 0 Å². The Kier molecular flexibility index (Phi) is 4.83. The lowest BCUT2D eigenvalue weighted by Gasteiger charge is -2.28. The van der Waals surface area contributed by atoms with E-state index in [2.05, 4.69) is 15.3 Å². The van der Waals surface area contributed by atoms with E-state index in [4.69, 9.17) is 4.74 Å². The van der Waals surface area contributed by atoms with Gasteiger partial charge in [-0.1, -0.05) is 0 Å². The van der Waals surface area contributed by atoms with Crippen molar-refractivity contribution >= 4 is 17.7 Å². The van der Waals surface area contributed by atoms with Crippen molar-refractivity contribution < 1.29 is 4.74 Å². The Morgan fingerprint density at radius 3 is 2.67 bits per heavy atom. The Hall–Kier alpha value is -0.810. The van der Waals surface area contributed by atoms with Crippen molar-refractivity contribution in [1.29, 1.82) is 0 Å². The van der Waals surface area contributed by atoms with Crippen LogP contribution in [0.3, 0.4) is 0 Å². The first-order chi connectivity index (χ1) is 8.72. The van der Waals surface area contributed by atoms with Crippen molar-refractivity contribution in [2.45, 2.75) is 49.8 Å². The fraction of sp³-hybridized carbons (Fsp3) is 0.692. The molecule has 1 aliphatic carbocycles. The summed E-state index contributed by atoms with van der Waals surface area (Å²) >= 11 is 1.66. The fourth-order valence-corrected chi connectivity index (χ4v) is 2.88. The minimum absolute atomic E-state index is 0.434. The van der Waals surface area contributed by atoms with Crippen molar-refractivity contribution in [1.82, 2.24) is 9.97 Å². The van der Waals surface area contributed by atoms with E-state index in [1.807, 2.05) is 19.4 Å². The Balaban J connectivity index is 1.94. The molecule has 5 heteroatoms. The van der Waals surface area contributed by atoms with Crippen LogP contribution in [0, 0.1) is 6.92 Å². The lowest BCUT2D eigenvalue weighted by Crippen LogP contribution is -2.29. The Labute approximate surface area is 113 Å². The third-order valence-corrected chi connectivity index (χ3v) is 4.26. The van der Waals surface area contributed by atoms with Gasteiger partial charge in [-0.25, -0.2) is 9.97 Å². The monoisotopic (exact) mass is 267 g/mol. The van der Waals surface area contributed by atoms with Crippen molar-refractivity contribution in [2.75, 3.05) is 18.7 Å². The van der Waals surface area contributed by atoms with E-state index in [-0.39, 0.29) is 0 Å². The minimum atomic E-state index is 0.434. The van der Waals surface area contributed by atoms with Crippen LogP contribution in [0.25, 0.3) is 0 Å². The number of aromatic nitrogens is 2. The number of anilines is 1. The van der Waals surface area contributed by atoms with Gasteiger partial charge in [0.05, 0.1) is 6.10 Å². The molecule has 0 aromatic carbocycles. The molecule has 0 unspecified atom stereocenters. The van der Waals surface area contributed by atoms with Crippen LogP contribution in [0.1, 0.15) is 31.2 Å². The van der Waals surface area contributed by atoms with E-state index in [9.17, 15) is 0 Å². The highest BCUT2D eigenvalue weighted by Crippen LogP contribution is 2.24. The highest BCUT2D eigenvalue weighted by molar-refractivity contribution is 7.98. The van der Waals surface area contributed by atoms with Crippen LogP contribution in [-0.2, 0) is 4.74 Å². The Morgan fingerprint density at radius 1 is 1.33 bits per heavy atom. The molecule has 0 aliphatic heterocycles.